The SMILES string of the molecule is NS(=O)(=O)c1ccc2ccncc2c1.O.O=C(O)/C=C/C(=O)O.O=C(O)/C=C/C(=O)O. The van der Waals surface area contributed by atoms with Crippen molar-refractivity contribution in [2.75, 3.05) is 0 Å². The zero-order chi connectivity index (χ0) is 23.3. The second kappa shape index (κ2) is 13.9. The van der Waals surface area contributed by atoms with Crippen LogP contribution in [0.4, 0.5) is 0 Å². The van der Waals surface area contributed by atoms with Crippen LogP contribution >= 0.6 is 0 Å². The Hall–Kier alpha value is -4.14. The van der Waals surface area contributed by atoms with Crippen LogP contribution in [-0.4, -0.2) is 63.2 Å². The number of carbonyl (C=O) groups is 4. The topological polar surface area (TPSA) is 254 Å². The normalized spacial score (nSPS) is 10.2. The number of rotatable bonds is 5. The van der Waals surface area contributed by atoms with E-state index in [0.717, 1.165) is 10.8 Å². The molecular weight excluding hydrogens is 440 g/mol. The first kappa shape index (κ1) is 29.1. The molecule has 1 aromatic carbocycles. The van der Waals surface area contributed by atoms with Gasteiger partial charge in [-0.05, 0) is 23.6 Å². The first-order chi connectivity index (χ1) is 13.8. The Morgan fingerprint density at radius 2 is 1.19 bits per heavy atom. The van der Waals surface area contributed by atoms with Crippen LogP contribution in [0, 0.1) is 0 Å². The lowest BCUT2D eigenvalue weighted by Crippen LogP contribution is -2.11. The van der Waals surface area contributed by atoms with Crippen LogP contribution in [0.3, 0.4) is 0 Å². The number of benzene rings is 1. The van der Waals surface area contributed by atoms with Gasteiger partial charge < -0.3 is 25.9 Å². The molecule has 0 spiro atoms. The van der Waals surface area contributed by atoms with Crippen LogP contribution in [0.1, 0.15) is 0 Å². The van der Waals surface area contributed by atoms with Gasteiger partial charge in [-0.15, -0.1) is 0 Å². The van der Waals surface area contributed by atoms with Gasteiger partial charge in [-0.1, -0.05) is 6.07 Å². The lowest BCUT2D eigenvalue weighted by Gasteiger charge is -2.00. The summed E-state index contributed by atoms with van der Waals surface area (Å²) in [5, 5.41) is 37.9. The van der Waals surface area contributed by atoms with E-state index in [-0.39, 0.29) is 10.4 Å². The van der Waals surface area contributed by atoms with E-state index >= 15 is 0 Å². The standard InChI is InChI=1S/C9H8N2O2S.2C4H4O4.H2O/c10-14(12,13)9-2-1-7-3-4-11-6-8(7)5-9;2*5-3(6)1-2-4(7)8;/h1-6H,(H2,10,12,13);2*1-2H,(H,5,6)(H,7,8);1H2/b;2*2-1+;. The van der Waals surface area contributed by atoms with Gasteiger partial charge in [0.15, 0.2) is 0 Å². The number of nitrogens with two attached hydrogens (primary N) is 1. The van der Waals surface area contributed by atoms with Crippen molar-refractivity contribution in [3.63, 3.8) is 0 Å². The maximum absolute atomic E-state index is 11.0. The summed E-state index contributed by atoms with van der Waals surface area (Å²) in [7, 11) is -3.62. The highest BCUT2D eigenvalue weighted by Crippen LogP contribution is 2.16. The summed E-state index contributed by atoms with van der Waals surface area (Å²) < 4.78 is 22.1. The van der Waals surface area contributed by atoms with E-state index in [1.54, 1.807) is 18.5 Å². The Balaban J connectivity index is 0. The summed E-state index contributed by atoms with van der Waals surface area (Å²) in [6.45, 7) is 0. The molecule has 14 heteroatoms. The monoisotopic (exact) mass is 458 g/mol. The quantitative estimate of drug-likeness (QED) is 0.356. The molecule has 0 saturated carbocycles. The number of hydrogen-bond acceptors (Lipinski definition) is 7. The summed E-state index contributed by atoms with van der Waals surface area (Å²) >= 11 is 0. The molecule has 31 heavy (non-hydrogen) atoms. The first-order valence-electron chi connectivity index (χ1n) is 7.47. The van der Waals surface area contributed by atoms with Crippen molar-refractivity contribution >= 4 is 44.7 Å². The molecule has 8 N–H and O–H groups in total. The summed E-state index contributed by atoms with van der Waals surface area (Å²) in [6, 6.07) is 6.51. The molecule has 0 fully saturated rings. The van der Waals surface area contributed by atoms with Crippen molar-refractivity contribution in [1.82, 2.24) is 4.98 Å². The maximum atomic E-state index is 11.0. The number of primary sulfonamides is 1. The van der Waals surface area contributed by atoms with Gasteiger partial charge in [0.05, 0.1) is 4.90 Å². The molecule has 168 valence electrons. The zero-order valence-corrected chi connectivity index (χ0v) is 16.3. The molecular formula is C17H18N2O11S. The van der Waals surface area contributed by atoms with Crippen molar-refractivity contribution in [3.8, 4) is 0 Å². The minimum absolute atomic E-state index is 0. The van der Waals surface area contributed by atoms with Crippen molar-refractivity contribution < 1.29 is 53.5 Å². The van der Waals surface area contributed by atoms with Gasteiger partial charge in [-0.2, -0.15) is 0 Å². The number of pyridine rings is 1. The fourth-order valence-corrected chi connectivity index (χ4v) is 2.07. The van der Waals surface area contributed by atoms with Crippen LogP contribution in [0.2, 0.25) is 0 Å². The first-order valence-corrected chi connectivity index (χ1v) is 9.02. The molecule has 0 saturated heterocycles. The van der Waals surface area contributed by atoms with E-state index in [0.29, 0.717) is 24.3 Å². The molecule has 0 atom stereocenters. The van der Waals surface area contributed by atoms with Crippen molar-refractivity contribution in [2.45, 2.75) is 4.90 Å². The van der Waals surface area contributed by atoms with Crippen LogP contribution < -0.4 is 5.14 Å². The minimum Gasteiger partial charge on any atom is -0.478 e. The Morgan fingerprint density at radius 3 is 1.55 bits per heavy atom. The van der Waals surface area contributed by atoms with Crippen LogP contribution in [-0.2, 0) is 29.2 Å². The lowest BCUT2D eigenvalue weighted by molar-refractivity contribution is -0.134. The smallest absolute Gasteiger partial charge is 0.328 e. The molecule has 2 aromatic rings. The Morgan fingerprint density at radius 1 is 0.774 bits per heavy atom. The van der Waals surface area contributed by atoms with E-state index in [1.165, 1.54) is 12.1 Å². The highest BCUT2D eigenvalue weighted by Gasteiger charge is 2.07. The van der Waals surface area contributed by atoms with Gasteiger partial charge >= 0.3 is 23.9 Å². The number of aliphatic carboxylic acids is 4. The van der Waals surface area contributed by atoms with E-state index in [2.05, 4.69) is 4.98 Å². The predicted octanol–water partition coefficient (Wildman–Crippen LogP) is -0.519. The fourth-order valence-electron chi connectivity index (χ4n) is 1.53. The Bertz CT molecular complexity index is 1030. The largest absolute Gasteiger partial charge is 0.478 e. The number of carboxylic acids is 4. The van der Waals surface area contributed by atoms with Crippen molar-refractivity contribution in [3.05, 3.63) is 61.0 Å². The summed E-state index contributed by atoms with van der Waals surface area (Å²) in [5.74, 6) is -5.03. The van der Waals surface area contributed by atoms with Gasteiger partial charge in [0, 0.05) is 42.1 Å². The van der Waals surface area contributed by atoms with Gasteiger partial charge in [0.2, 0.25) is 10.0 Å². The summed E-state index contributed by atoms with van der Waals surface area (Å²) in [5.41, 5.74) is 0. The highest BCUT2D eigenvalue weighted by molar-refractivity contribution is 7.89. The third-order valence-electron chi connectivity index (χ3n) is 2.68. The van der Waals surface area contributed by atoms with Crippen LogP contribution in [0.25, 0.3) is 10.8 Å². The van der Waals surface area contributed by atoms with Gasteiger partial charge in [0.1, 0.15) is 0 Å². The zero-order valence-electron chi connectivity index (χ0n) is 15.4. The molecule has 1 heterocycles. The average Bonchev–Trinajstić information content (AvgIpc) is 2.64. The molecule has 2 rings (SSSR count). The third kappa shape index (κ3) is 14.5. The van der Waals surface area contributed by atoms with Gasteiger partial charge in [-0.3, -0.25) is 4.98 Å². The molecule has 0 amide bonds. The number of sulfonamides is 1. The van der Waals surface area contributed by atoms with Crippen molar-refractivity contribution in [2.24, 2.45) is 5.14 Å². The highest BCUT2D eigenvalue weighted by atomic mass is 32.2. The van der Waals surface area contributed by atoms with Crippen LogP contribution in [0.15, 0.2) is 65.9 Å². The molecule has 0 unspecified atom stereocenters. The number of hydrogen-bond donors (Lipinski definition) is 5. The second-order valence-electron chi connectivity index (χ2n) is 4.95. The molecule has 13 nitrogen and oxygen atoms in total. The van der Waals surface area contributed by atoms with Crippen molar-refractivity contribution in [1.29, 1.82) is 0 Å². The lowest BCUT2D eigenvalue weighted by atomic mass is 10.2. The van der Waals surface area contributed by atoms with E-state index < -0.39 is 33.9 Å². The number of carboxylic acid groups (broad SMARTS) is 4. The minimum atomic E-state index is -3.62. The molecule has 0 aliphatic carbocycles. The molecule has 1 aromatic heterocycles. The predicted molar refractivity (Wildman–Crippen MR) is 106 cm³/mol. The average molecular weight is 458 g/mol. The van der Waals surface area contributed by atoms with E-state index in [9.17, 15) is 27.6 Å². The summed E-state index contributed by atoms with van der Waals surface area (Å²) in [6.07, 6.45) is 5.48. The van der Waals surface area contributed by atoms with Gasteiger partial charge in [0.25, 0.3) is 0 Å². The fraction of sp³-hybridized carbons (Fsp3) is 0. The second-order valence-corrected chi connectivity index (χ2v) is 6.51. The molecule has 0 aliphatic heterocycles. The number of fused-ring (bicyclic) bond motifs is 1. The van der Waals surface area contributed by atoms with Gasteiger partial charge in [-0.25, -0.2) is 32.7 Å². The van der Waals surface area contributed by atoms with E-state index in [4.69, 9.17) is 25.6 Å². The Kier molecular flexibility index (Phi) is 13.1. The maximum Gasteiger partial charge on any atom is 0.328 e. The molecule has 0 radical (unpaired) electrons. The number of aromatic nitrogens is 1. The third-order valence-corrected chi connectivity index (χ3v) is 3.59. The summed E-state index contributed by atoms with van der Waals surface area (Å²) in [4.78, 5) is 42.2. The Labute approximate surface area is 174 Å². The van der Waals surface area contributed by atoms with Crippen LogP contribution in [0.5, 0.6) is 0 Å². The number of nitrogens with zero attached hydrogens (tertiary/aromatic N) is 1. The van der Waals surface area contributed by atoms with E-state index in [1.807, 2.05) is 6.07 Å². The molecule has 0 bridgehead atoms. The molecule has 0 aliphatic rings.